The Bertz CT molecular complexity index is 359. The molecule has 2 N–H and O–H groups in total. The van der Waals surface area contributed by atoms with Crippen LogP contribution in [0.2, 0.25) is 0 Å². The average Bonchev–Trinajstić information content (AvgIpc) is 2.37. The fourth-order valence-electron chi connectivity index (χ4n) is 1.76. The van der Waals surface area contributed by atoms with Gasteiger partial charge in [-0.2, -0.15) is 0 Å². The van der Waals surface area contributed by atoms with Gasteiger partial charge in [0.15, 0.2) is 0 Å². The molecule has 0 heterocycles. The van der Waals surface area contributed by atoms with Crippen molar-refractivity contribution in [2.75, 3.05) is 7.11 Å². The number of benzene rings is 1. The van der Waals surface area contributed by atoms with Crippen LogP contribution in [0.1, 0.15) is 45.7 Å². The molecular formula is C15H25NO2. The zero-order valence-electron chi connectivity index (χ0n) is 12.1. The molecule has 0 spiro atoms. The van der Waals surface area contributed by atoms with Gasteiger partial charge in [0.1, 0.15) is 5.75 Å². The number of ether oxygens (including phenoxy) is 2. The summed E-state index contributed by atoms with van der Waals surface area (Å²) in [4.78, 5) is 0. The maximum absolute atomic E-state index is 6.23. The van der Waals surface area contributed by atoms with Crippen molar-refractivity contribution in [3.05, 3.63) is 29.8 Å². The molecule has 0 bridgehead atoms. The minimum Gasteiger partial charge on any atom is -0.497 e. The third-order valence-electron chi connectivity index (χ3n) is 3.36. The zero-order chi connectivity index (χ0) is 13.8. The van der Waals surface area contributed by atoms with Crippen molar-refractivity contribution in [1.82, 2.24) is 0 Å². The van der Waals surface area contributed by atoms with Crippen LogP contribution < -0.4 is 10.5 Å². The van der Waals surface area contributed by atoms with E-state index in [2.05, 4.69) is 20.8 Å². The van der Waals surface area contributed by atoms with E-state index in [1.54, 1.807) is 7.11 Å². The Balaban J connectivity index is 2.70. The fraction of sp³-hybridized carbons (Fsp3) is 0.600. The van der Waals surface area contributed by atoms with E-state index >= 15 is 0 Å². The van der Waals surface area contributed by atoms with Gasteiger partial charge in [0.25, 0.3) is 0 Å². The highest BCUT2D eigenvalue weighted by molar-refractivity contribution is 5.29. The number of rotatable bonds is 6. The van der Waals surface area contributed by atoms with Gasteiger partial charge in [0.05, 0.1) is 24.9 Å². The van der Waals surface area contributed by atoms with E-state index < -0.39 is 0 Å². The molecule has 0 aliphatic rings. The van der Waals surface area contributed by atoms with Gasteiger partial charge in [-0.15, -0.1) is 0 Å². The minimum absolute atomic E-state index is 0.0201. The molecule has 102 valence electrons. The molecule has 2 unspecified atom stereocenters. The summed E-state index contributed by atoms with van der Waals surface area (Å²) in [6.45, 7) is 8.31. The lowest BCUT2D eigenvalue weighted by atomic mass is 10.0. The molecule has 2 atom stereocenters. The quantitative estimate of drug-likeness (QED) is 0.843. The van der Waals surface area contributed by atoms with Crippen LogP contribution in [0, 0.1) is 0 Å². The second-order valence-electron chi connectivity index (χ2n) is 5.24. The summed E-state index contributed by atoms with van der Waals surface area (Å²) in [5.74, 6) is 0.841. The summed E-state index contributed by atoms with van der Waals surface area (Å²) in [5, 5.41) is 0. The van der Waals surface area contributed by atoms with Crippen LogP contribution >= 0.6 is 0 Å². The number of nitrogens with two attached hydrogens (primary N) is 1. The van der Waals surface area contributed by atoms with E-state index in [0.29, 0.717) is 0 Å². The van der Waals surface area contributed by atoms with E-state index in [1.807, 2.05) is 31.2 Å². The molecule has 1 rings (SSSR count). The smallest absolute Gasteiger partial charge is 0.118 e. The first-order valence-corrected chi connectivity index (χ1v) is 6.47. The molecule has 0 aliphatic heterocycles. The van der Waals surface area contributed by atoms with Crippen molar-refractivity contribution in [3.8, 4) is 5.75 Å². The molecule has 0 amide bonds. The number of hydrogen-bond donors (Lipinski definition) is 1. The Labute approximate surface area is 110 Å². The van der Waals surface area contributed by atoms with E-state index in [9.17, 15) is 0 Å². The lowest BCUT2D eigenvalue weighted by Gasteiger charge is -2.31. The van der Waals surface area contributed by atoms with Gasteiger partial charge >= 0.3 is 0 Å². The predicted molar refractivity (Wildman–Crippen MR) is 74.8 cm³/mol. The molecule has 3 heteroatoms. The molecule has 1 aromatic rings. The van der Waals surface area contributed by atoms with Crippen molar-refractivity contribution >= 4 is 0 Å². The van der Waals surface area contributed by atoms with Gasteiger partial charge in [0.2, 0.25) is 0 Å². The SMILES string of the molecule is CCC(C)(C)OC(C)C(N)c1ccc(OC)cc1. The average molecular weight is 251 g/mol. The lowest BCUT2D eigenvalue weighted by molar-refractivity contribution is -0.0752. The molecule has 1 aromatic carbocycles. The van der Waals surface area contributed by atoms with E-state index in [4.69, 9.17) is 15.2 Å². The summed E-state index contributed by atoms with van der Waals surface area (Å²) >= 11 is 0. The Morgan fingerprint density at radius 3 is 2.22 bits per heavy atom. The molecule has 0 saturated carbocycles. The largest absolute Gasteiger partial charge is 0.497 e. The number of methoxy groups -OCH3 is 1. The van der Waals surface area contributed by atoms with Crippen LogP contribution in [0.25, 0.3) is 0 Å². The molecule has 0 fully saturated rings. The van der Waals surface area contributed by atoms with Gasteiger partial charge in [-0.3, -0.25) is 0 Å². The monoisotopic (exact) mass is 251 g/mol. The van der Waals surface area contributed by atoms with Gasteiger partial charge < -0.3 is 15.2 Å². The molecule has 3 nitrogen and oxygen atoms in total. The summed E-state index contributed by atoms with van der Waals surface area (Å²) < 4.78 is 11.1. The van der Waals surface area contributed by atoms with Gasteiger partial charge in [-0.05, 0) is 44.9 Å². The summed E-state index contributed by atoms with van der Waals surface area (Å²) in [6, 6.07) is 7.70. The third-order valence-corrected chi connectivity index (χ3v) is 3.36. The highest BCUT2D eigenvalue weighted by Crippen LogP contribution is 2.24. The normalized spacial score (nSPS) is 15.2. The first-order chi connectivity index (χ1) is 8.39. The van der Waals surface area contributed by atoms with E-state index in [0.717, 1.165) is 17.7 Å². The van der Waals surface area contributed by atoms with E-state index in [1.165, 1.54) is 0 Å². The van der Waals surface area contributed by atoms with Crippen molar-refractivity contribution in [2.45, 2.75) is 51.9 Å². The van der Waals surface area contributed by atoms with Crippen LogP contribution in [0.4, 0.5) is 0 Å². The van der Waals surface area contributed by atoms with Gasteiger partial charge in [-0.1, -0.05) is 19.1 Å². The predicted octanol–water partition coefficient (Wildman–Crippen LogP) is 3.29. The van der Waals surface area contributed by atoms with Crippen LogP contribution in [0.15, 0.2) is 24.3 Å². The Hall–Kier alpha value is -1.06. The molecule has 0 radical (unpaired) electrons. The second-order valence-corrected chi connectivity index (χ2v) is 5.24. The lowest BCUT2D eigenvalue weighted by Crippen LogP contribution is -2.35. The summed E-state index contributed by atoms with van der Waals surface area (Å²) in [6.07, 6.45) is 0.945. The molecule has 0 aromatic heterocycles. The molecule has 0 aliphatic carbocycles. The van der Waals surface area contributed by atoms with Crippen molar-refractivity contribution in [2.24, 2.45) is 5.73 Å². The fourth-order valence-corrected chi connectivity index (χ4v) is 1.76. The summed E-state index contributed by atoms with van der Waals surface area (Å²) in [5.41, 5.74) is 7.16. The maximum atomic E-state index is 6.23. The topological polar surface area (TPSA) is 44.5 Å². The highest BCUT2D eigenvalue weighted by atomic mass is 16.5. The van der Waals surface area contributed by atoms with Crippen molar-refractivity contribution < 1.29 is 9.47 Å². The molecule has 18 heavy (non-hydrogen) atoms. The van der Waals surface area contributed by atoms with Crippen molar-refractivity contribution in [3.63, 3.8) is 0 Å². The Morgan fingerprint density at radius 2 is 1.78 bits per heavy atom. The minimum atomic E-state index is -0.135. The van der Waals surface area contributed by atoms with Crippen LogP contribution in [-0.4, -0.2) is 18.8 Å². The summed E-state index contributed by atoms with van der Waals surface area (Å²) in [7, 11) is 1.66. The first kappa shape index (κ1) is 15.0. The highest BCUT2D eigenvalue weighted by Gasteiger charge is 2.23. The van der Waals surface area contributed by atoms with Crippen LogP contribution in [-0.2, 0) is 4.74 Å². The Morgan fingerprint density at radius 1 is 1.22 bits per heavy atom. The van der Waals surface area contributed by atoms with Crippen molar-refractivity contribution in [1.29, 1.82) is 0 Å². The van der Waals surface area contributed by atoms with E-state index in [-0.39, 0.29) is 17.7 Å². The standard InChI is InChI=1S/C15H25NO2/c1-6-15(3,4)18-11(2)14(16)12-7-9-13(17-5)10-8-12/h7-11,14H,6,16H2,1-5H3. The van der Waals surface area contributed by atoms with Crippen LogP contribution in [0.3, 0.4) is 0 Å². The van der Waals surface area contributed by atoms with Crippen LogP contribution in [0.5, 0.6) is 5.75 Å². The first-order valence-electron chi connectivity index (χ1n) is 6.47. The molecular weight excluding hydrogens is 226 g/mol. The maximum Gasteiger partial charge on any atom is 0.118 e. The van der Waals surface area contributed by atoms with Gasteiger partial charge in [-0.25, -0.2) is 0 Å². The zero-order valence-corrected chi connectivity index (χ0v) is 12.1. The number of hydrogen-bond acceptors (Lipinski definition) is 3. The Kier molecular flexibility index (Phi) is 5.17. The molecule has 0 saturated heterocycles. The second kappa shape index (κ2) is 6.21. The third kappa shape index (κ3) is 4.00. The van der Waals surface area contributed by atoms with Gasteiger partial charge in [0, 0.05) is 0 Å².